The molecule has 0 bridgehead atoms. The number of pyridine rings is 1. The summed E-state index contributed by atoms with van der Waals surface area (Å²) < 4.78 is 0. The third-order valence-corrected chi connectivity index (χ3v) is 6.16. The number of nitro groups is 1. The minimum absolute atomic E-state index is 0.0302. The number of nitrogens with zero attached hydrogens (tertiary/aromatic N) is 4. The molecule has 3 heterocycles. The average molecular weight is 485 g/mol. The van der Waals surface area contributed by atoms with E-state index in [1.54, 1.807) is 24.4 Å². The highest BCUT2D eigenvalue weighted by molar-refractivity contribution is 7.13. The normalized spacial score (nSPS) is 12.5. The first kappa shape index (κ1) is 22.0. The molecule has 2 aromatic heterocycles. The van der Waals surface area contributed by atoms with Crippen molar-refractivity contribution < 1.29 is 19.3 Å². The molecule has 0 saturated heterocycles. The van der Waals surface area contributed by atoms with Gasteiger partial charge in [-0.15, -0.1) is 11.3 Å². The molecular formula is C24H15N5O5S. The molecule has 0 spiro atoms. The first-order valence-corrected chi connectivity index (χ1v) is 11.2. The number of amides is 3. The van der Waals surface area contributed by atoms with Crippen molar-refractivity contribution in [3.8, 4) is 22.0 Å². The number of non-ortho nitro benzene ring substituents is 1. The molecule has 1 N–H and O–H groups in total. The lowest BCUT2D eigenvalue weighted by molar-refractivity contribution is -0.384. The topological polar surface area (TPSA) is 135 Å². The van der Waals surface area contributed by atoms with Gasteiger partial charge in [-0.25, -0.2) is 4.98 Å². The second kappa shape index (κ2) is 8.88. The van der Waals surface area contributed by atoms with Crippen LogP contribution in [0.5, 0.6) is 0 Å². The largest absolute Gasteiger partial charge is 0.325 e. The van der Waals surface area contributed by atoms with Gasteiger partial charge in [0.1, 0.15) is 11.6 Å². The van der Waals surface area contributed by atoms with Crippen molar-refractivity contribution in [2.45, 2.75) is 0 Å². The summed E-state index contributed by atoms with van der Waals surface area (Å²) in [6.07, 6.45) is 1.70. The number of hydrogen-bond donors (Lipinski definition) is 1. The summed E-state index contributed by atoms with van der Waals surface area (Å²) in [5.41, 5.74) is 2.35. The molecule has 172 valence electrons. The van der Waals surface area contributed by atoms with Gasteiger partial charge in [0.2, 0.25) is 5.91 Å². The van der Waals surface area contributed by atoms with E-state index >= 15 is 0 Å². The van der Waals surface area contributed by atoms with Crippen LogP contribution in [0.15, 0.2) is 72.2 Å². The number of rotatable bonds is 6. The van der Waals surface area contributed by atoms with Crippen molar-refractivity contribution in [2.75, 3.05) is 11.9 Å². The summed E-state index contributed by atoms with van der Waals surface area (Å²) in [7, 11) is 0. The standard InChI is InChI=1S/C24H15N5O5S/c30-21(12-28-23(31)17-8-7-16(29(33)34)11-18(17)24(28)32)26-15-5-3-4-14(10-15)20-13-35-22(27-20)19-6-1-2-9-25-19/h1-11,13H,12H2,(H,26,30). The maximum atomic E-state index is 12.6. The molecule has 10 nitrogen and oxygen atoms in total. The molecule has 0 radical (unpaired) electrons. The van der Waals surface area contributed by atoms with Crippen LogP contribution < -0.4 is 5.32 Å². The van der Waals surface area contributed by atoms with Crippen LogP contribution in [-0.4, -0.2) is 44.1 Å². The number of hydrogen-bond acceptors (Lipinski definition) is 8. The Balaban J connectivity index is 1.29. The van der Waals surface area contributed by atoms with Gasteiger partial charge in [-0.05, 0) is 30.3 Å². The summed E-state index contributed by atoms with van der Waals surface area (Å²) in [6.45, 7) is -0.523. The molecule has 0 fully saturated rings. The van der Waals surface area contributed by atoms with E-state index in [0.29, 0.717) is 11.4 Å². The lowest BCUT2D eigenvalue weighted by atomic mass is 10.1. The van der Waals surface area contributed by atoms with E-state index in [2.05, 4.69) is 15.3 Å². The van der Waals surface area contributed by atoms with Crippen LogP contribution in [0.4, 0.5) is 11.4 Å². The highest BCUT2D eigenvalue weighted by Crippen LogP contribution is 2.29. The molecule has 0 atom stereocenters. The van der Waals surface area contributed by atoms with E-state index in [-0.39, 0.29) is 16.8 Å². The summed E-state index contributed by atoms with van der Waals surface area (Å²) >= 11 is 1.45. The second-order valence-electron chi connectivity index (χ2n) is 7.57. The van der Waals surface area contributed by atoms with Gasteiger partial charge in [0.05, 0.1) is 27.4 Å². The van der Waals surface area contributed by atoms with Crippen LogP contribution in [-0.2, 0) is 4.79 Å². The van der Waals surface area contributed by atoms with E-state index in [9.17, 15) is 24.5 Å². The lowest BCUT2D eigenvalue weighted by Gasteiger charge is -2.14. The number of anilines is 1. The van der Waals surface area contributed by atoms with E-state index in [0.717, 1.165) is 33.3 Å². The first-order chi connectivity index (χ1) is 16.9. The number of carbonyl (C=O) groups excluding carboxylic acids is 3. The number of benzene rings is 2. The van der Waals surface area contributed by atoms with Crippen LogP contribution in [0.25, 0.3) is 22.0 Å². The number of imide groups is 1. The Hall–Kier alpha value is -4.77. The third-order valence-electron chi connectivity index (χ3n) is 5.30. The molecule has 2 aromatic carbocycles. The van der Waals surface area contributed by atoms with E-state index < -0.39 is 29.2 Å². The first-order valence-electron chi connectivity index (χ1n) is 10.3. The van der Waals surface area contributed by atoms with Gasteiger partial charge in [-0.1, -0.05) is 18.2 Å². The molecule has 0 saturated carbocycles. The van der Waals surface area contributed by atoms with Crippen molar-refractivity contribution in [1.82, 2.24) is 14.9 Å². The molecule has 11 heteroatoms. The molecule has 35 heavy (non-hydrogen) atoms. The average Bonchev–Trinajstić information content (AvgIpc) is 3.45. The highest BCUT2D eigenvalue weighted by atomic mass is 32.1. The van der Waals surface area contributed by atoms with E-state index in [1.165, 1.54) is 17.4 Å². The smallest absolute Gasteiger partial charge is 0.270 e. The molecule has 0 unspecified atom stereocenters. The van der Waals surface area contributed by atoms with Gasteiger partial charge in [0, 0.05) is 35.0 Å². The van der Waals surface area contributed by atoms with Gasteiger partial charge >= 0.3 is 0 Å². The fraction of sp³-hybridized carbons (Fsp3) is 0.0417. The van der Waals surface area contributed by atoms with Crippen LogP contribution >= 0.6 is 11.3 Å². The Bertz CT molecular complexity index is 1500. The van der Waals surface area contributed by atoms with Crippen molar-refractivity contribution in [2.24, 2.45) is 0 Å². The third kappa shape index (κ3) is 4.27. The van der Waals surface area contributed by atoms with Gasteiger partial charge in [-0.3, -0.25) is 34.4 Å². The fourth-order valence-corrected chi connectivity index (χ4v) is 4.45. The predicted molar refractivity (Wildman–Crippen MR) is 128 cm³/mol. The van der Waals surface area contributed by atoms with Crippen LogP contribution in [0.3, 0.4) is 0 Å². The zero-order valence-corrected chi connectivity index (χ0v) is 18.7. The molecule has 3 amide bonds. The van der Waals surface area contributed by atoms with Crippen LogP contribution in [0, 0.1) is 10.1 Å². The number of fused-ring (bicyclic) bond motifs is 1. The summed E-state index contributed by atoms with van der Waals surface area (Å²) in [6, 6.07) is 16.0. The number of thiazole rings is 1. The molecule has 4 aromatic rings. The zero-order chi connectivity index (χ0) is 24.5. The fourth-order valence-electron chi connectivity index (χ4n) is 3.65. The summed E-state index contributed by atoms with van der Waals surface area (Å²) in [4.78, 5) is 57.8. The zero-order valence-electron chi connectivity index (χ0n) is 17.9. The molecule has 1 aliphatic rings. The highest BCUT2D eigenvalue weighted by Gasteiger charge is 2.37. The molecule has 0 aliphatic carbocycles. The van der Waals surface area contributed by atoms with Gasteiger partial charge in [0.25, 0.3) is 17.5 Å². The molecule has 5 rings (SSSR count). The molecule has 1 aliphatic heterocycles. The number of nitro benzene ring substituents is 1. The Morgan fingerprint density at radius 2 is 1.83 bits per heavy atom. The van der Waals surface area contributed by atoms with Gasteiger partial charge < -0.3 is 5.32 Å². The predicted octanol–water partition coefficient (Wildman–Crippen LogP) is 4.02. The van der Waals surface area contributed by atoms with E-state index in [4.69, 9.17) is 0 Å². The summed E-state index contributed by atoms with van der Waals surface area (Å²) in [5, 5.41) is 16.3. The quantitative estimate of drug-likeness (QED) is 0.248. The maximum Gasteiger partial charge on any atom is 0.270 e. The Kier molecular flexibility index (Phi) is 5.59. The molecular weight excluding hydrogens is 470 g/mol. The van der Waals surface area contributed by atoms with Crippen molar-refractivity contribution >= 4 is 40.4 Å². The van der Waals surface area contributed by atoms with Crippen molar-refractivity contribution in [3.05, 3.63) is 93.5 Å². The van der Waals surface area contributed by atoms with Crippen molar-refractivity contribution in [1.29, 1.82) is 0 Å². The van der Waals surface area contributed by atoms with Crippen LogP contribution in [0.2, 0.25) is 0 Å². The van der Waals surface area contributed by atoms with Gasteiger partial charge in [-0.2, -0.15) is 0 Å². The van der Waals surface area contributed by atoms with Crippen LogP contribution in [0.1, 0.15) is 20.7 Å². The van der Waals surface area contributed by atoms with Crippen molar-refractivity contribution in [3.63, 3.8) is 0 Å². The Morgan fingerprint density at radius 3 is 2.60 bits per heavy atom. The number of nitrogens with one attached hydrogen (secondary N) is 1. The minimum Gasteiger partial charge on any atom is -0.325 e. The Labute approximate surface area is 202 Å². The number of aromatic nitrogens is 2. The monoisotopic (exact) mass is 485 g/mol. The number of carbonyl (C=O) groups is 3. The SMILES string of the molecule is O=C(CN1C(=O)c2ccc([N+](=O)[O-])cc2C1=O)Nc1cccc(-c2csc(-c3ccccn3)n2)c1. The maximum absolute atomic E-state index is 12.6. The summed E-state index contributed by atoms with van der Waals surface area (Å²) in [5.74, 6) is -2.01. The lowest BCUT2D eigenvalue weighted by Crippen LogP contribution is -2.37. The minimum atomic E-state index is -0.748. The second-order valence-corrected chi connectivity index (χ2v) is 8.42. The Morgan fingerprint density at radius 1 is 1.00 bits per heavy atom. The van der Waals surface area contributed by atoms with E-state index in [1.807, 2.05) is 29.6 Å². The van der Waals surface area contributed by atoms with Gasteiger partial charge in [0.15, 0.2) is 0 Å².